The predicted octanol–water partition coefficient (Wildman–Crippen LogP) is 2.63. The number of aromatic nitrogens is 1. The van der Waals surface area contributed by atoms with Crippen LogP contribution in [0.2, 0.25) is 0 Å². The number of nitrogen functional groups attached to an aromatic ring is 1. The number of hydrogen-bond donors (Lipinski definition) is 1. The van der Waals surface area contributed by atoms with Crippen molar-refractivity contribution in [3.63, 3.8) is 0 Å². The molecule has 1 aliphatic rings. The molecule has 0 amide bonds. The van der Waals surface area contributed by atoms with Crippen molar-refractivity contribution in [2.75, 3.05) is 5.73 Å². The minimum Gasteiger partial charge on any atom is -0.375 e. The molecule has 0 bridgehead atoms. The first-order valence-electron chi connectivity index (χ1n) is 5.00. The average molecular weight is 196 g/mol. The minimum atomic E-state index is 0.750. The monoisotopic (exact) mass is 196 g/mol. The van der Waals surface area contributed by atoms with Gasteiger partial charge in [-0.1, -0.05) is 13.3 Å². The lowest BCUT2D eigenvalue weighted by atomic mass is 9.94. The molecular weight excluding hydrogens is 180 g/mol. The van der Waals surface area contributed by atoms with E-state index in [1.54, 1.807) is 11.3 Å². The number of thiazole rings is 1. The molecular formula is C10H16N2S. The van der Waals surface area contributed by atoms with Crippen LogP contribution in [0.25, 0.3) is 0 Å². The molecule has 1 aromatic rings. The van der Waals surface area contributed by atoms with Crippen LogP contribution in [0.1, 0.15) is 36.8 Å². The van der Waals surface area contributed by atoms with Gasteiger partial charge in [0.1, 0.15) is 0 Å². The maximum atomic E-state index is 5.70. The Labute approximate surface area is 83.2 Å². The first-order valence-corrected chi connectivity index (χ1v) is 5.81. The van der Waals surface area contributed by atoms with Gasteiger partial charge < -0.3 is 5.73 Å². The van der Waals surface area contributed by atoms with E-state index in [4.69, 9.17) is 5.73 Å². The van der Waals surface area contributed by atoms with Crippen LogP contribution in [0.5, 0.6) is 0 Å². The normalized spacial score (nSPS) is 23.3. The van der Waals surface area contributed by atoms with Crippen LogP contribution in [0, 0.1) is 5.92 Å². The average Bonchev–Trinajstić information content (AvgIpc) is 2.40. The summed E-state index contributed by atoms with van der Waals surface area (Å²) in [7, 11) is 0. The Morgan fingerprint density at radius 2 is 2.23 bits per heavy atom. The number of aryl methyl sites for hydroxylation is 2. The first kappa shape index (κ1) is 9.00. The quantitative estimate of drug-likeness (QED) is 0.692. The van der Waals surface area contributed by atoms with Gasteiger partial charge in [-0.2, -0.15) is 0 Å². The maximum Gasteiger partial charge on any atom is 0.180 e. The lowest BCUT2D eigenvalue weighted by Crippen LogP contribution is -2.04. The van der Waals surface area contributed by atoms with Crippen molar-refractivity contribution in [2.24, 2.45) is 5.92 Å². The lowest BCUT2D eigenvalue weighted by Gasteiger charge is -2.13. The molecule has 2 rings (SSSR count). The number of anilines is 1. The SMILES string of the molecule is CC1CCCc2sc(N)nc2CC1. The molecule has 0 aliphatic heterocycles. The zero-order valence-corrected chi connectivity index (χ0v) is 8.86. The van der Waals surface area contributed by atoms with Gasteiger partial charge in [0.25, 0.3) is 0 Å². The van der Waals surface area contributed by atoms with Gasteiger partial charge in [0.15, 0.2) is 5.13 Å². The summed E-state index contributed by atoms with van der Waals surface area (Å²) in [6.45, 7) is 2.33. The zero-order chi connectivity index (χ0) is 9.26. The van der Waals surface area contributed by atoms with Crippen LogP contribution in [-0.2, 0) is 12.8 Å². The third kappa shape index (κ3) is 2.02. The van der Waals surface area contributed by atoms with Crippen LogP contribution < -0.4 is 5.73 Å². The first-order chi connectivity index (χ1) is 6.25. The Hall–Kier alpha value is -0.570. The predicted molar refractivity (Wildman–Crippen MR) is 56.9 cm³/mol. The van der Waals surface area contributed by atoms with E-state index in [9.17, 15) is 0 Å². The molecule has 72 valence electrons. The van der Waals surface area contributed by atoms with E-state index >= 15 is 0 Å². The number of fused-ring (bicyclic) bond motifs is 1. The van der Waals surface area contributed by atoms with Crippen LogP contribution in [-0.4, -0.2) is 4.98 Å². The molecule has 1 aliphatic carbocycles. The topological polar surface area (TPSA) is 38.9 Å². The highest BCUT2D eigenvalue weighted by molar-refractivity contribution is 7.15. The van der Waals surface area contributed by atoms with Crippen molar-refractivity contribution >= 4 is 16.5 Å². The Morgan fingerprint density at radius 1 is 1.38 bits per heavy atom. The number of nitrogens with two attached hydrogens (primary N) is 1. The molecule has 1 unspecified atom stereocenters. The van der Waals surface area contributed by atoms with Crippen molar-refractivity contribution < 1.29 is 0 Å². The largest absolute Gasteiger partial charge is 0.375 e. The van der Waals surface area contributed by atoms with E-state index in [1.165, 1.54) is 36.3 Å². The van der Waals surface area contributed by atoms with Crippen molar-refractivity contribution in [1.82, 2.24) is 4.98 Å². The summed E-state index contributed by atoms with van der Waals surface area (Å²) in [5, 5.41) is 0.750. The van der Waals surface area contributed by atoms with E-state index in [2.05, 4.69) is 11.9 Å². The van der Waals surface area contributed by atoms with Crippen LogP contribution in [0.4, 0.5) is 5.13 Å². The van der Waals surface area contributed by atoms with Crippen LogP contribution in [0.15, 0.2) is 0 Å². The molecule has 2 nitrogen and oxygen atoms in total. The van der Waals surface area contributed by atoms with Crippen molar-refractivity contribution in [1.29, 1.82) is 0 Å². The molecule has 0 spiro atoms. The third-order valence-corrected chi connectivity index (χ3v) is 3.76. The van der Waals surface area contributed by atoms with Crippen molar-refractivity contribution in [2.45, 2.75) is 39.0 Å². The number of rotatable bonds is 0. The fourth-order valence-corrected chi connectivity index (χ4v) is 2.85. The molecule has 0 radical (unpaired) electrons. The molecule has 1 atom stereocenters. The van der Waals surface area contributed by atoms with Crippen molar-refractivity contribution in [3.8, 4) is 0 Å². The fourth-order valence-electron chi connectivity index (χ4n) is 1.93. The van der Waals surface area contributed by atoms with Gasteiger partial charge in [0.2, 0.25) is 0 Å². The smallest absolute Gasteiger partial charge is 0.180 e. The number of nitrogens with zero attached hydrogens (tertiary/aromatic N) is 1. The van der Waals surface area contributed by atoms with Crippen LogP contribution in [0.3, 0.4) is 0 Å². The fraction of sp³-hybridized carbons (Fsp3) is 0.700. The lowest BCUT2D eigenvalue weighted by molar-refractivity contribution is 0.462. The summed E-state index contributed by atoms with van der Waals surface area (Å²) in [5.74, 6) is 0.857. The highest BCUT2D eigenvalue weighted by atomic mass is 32.1. The molecule has 1 heterocycles. The second kappa shape index (κ2) is 3.66. The van der Waals surface area contributed by atoms with Gasteiger partial charge in [0.05, 0.1) is 5.69 Å². The standard InChI is InChI=1S/C10H16N2S/c1-7-3-2-4-9-8(6-5-7)12-10(11)13-9/h7H,2-6H2,1H3,(H2,11,12). The van der Waals surface area contributed by atoms with Crippen LogP contribution >= 0.6 is 11.3 Å². The van der Waals surface area contributed by atoms with Crippen molar-refractivity contribution in [3.05, 3.63) is 10.6 Å². The zero-order valence-electron chi connectivity index (χ0n) is 8.05. The molecule has 2 N–H and O–H groups in total. The van der Waals surface area contributed by atoms with E-state index in [0.29, 0.717) is 0 Å². The van der Waals surface area contributed by atoms with Gasteiger partial charge in [-0.25, -0.2) is 4.98 Å². The van der Waals surface area contributed by atoms with Gasteiger partial charge in [-0.05, 0) is 31.6 Å². The third-order valence-electron chi connectivity index (χ3n) is 2.77. The summed E-state index contributed by atoms with van der Waals surface area (Å²) in [4.78, 5) is 5.82. The Morgan fingerprint density at radius 3 is 3.08 bits per heavy atom. The molecule has 0 saturated heterocycles. The van der Waals surface area contributed by atoms with E-state index in [0.717, 1.165) is 17.5 Å². The molecule has 13 heavy (non-hydrogen) atoms. The molecule has 0 aromatic carbocycles. The second-order valence-electron chi connectivity index (χ2n) is 3.96. The van der Waals surface area contributed by atoms with E-state index in [-0.39, 0.29) is 0 Å². The summed E-state index contributed by atoms with van der Waals surface area (Å²) in [6.07, 6.45) is 6.25. The van der Waals surface area contributed by atoms with E-state index in [1.807, 2.05) is 0 Å². The summed E-state index contributed by atoms with van der Waals surface area (Å²) in [6, 6.07) is 0. The Kier molecular flexibility index (Phi) is 2.54. The highest BCUT2D eigenvalue weighted by Crippen LogP contribution is 2.28. The highest BCUT2D eigenvalue weighted by Gasteiger charge is 2.14. The molecule has 1 aromatic heterocycles. The number of hydrogen-bond acceptors (Lipinski definition) is 3. The summed E-state index contributed by atoms with van der Waals surface area (Å²) in [5.41, 5.74) is 6.97. The maximum absolute atomic E-state index is 5.70. The second-order valence-corrected chi connectivity index (χ2v) is 5.07. The minimum absolute atomic E-state index is 0.750. The Bertz CT molecular complexity index is 293. The van der Waals surface area contributed by atoms with Gasteiger partial charge >= 0.3 is 0 Å². The van der Waals surface area contributed by atoms with Gasteiger partial charge in [-0.15, -0.1) is 11.3 Å². The molecule has 0 saturated carbocycles. The molecule has 0 fully saturated rings. The van der Waals surface area contributed by atoms with Gasteiger partial charge in [-0.3, -0.25) is 0 Å². The summed E-state index contributed by atoms with van der Waals surface area (Å²) < 4.78 is 0. The van der Waals surface area contributed by atoms with E-state index < -0.39 is 0 Å². The Balaban J connectivity index is 2.19. The summed E-state index contributed by atoms with van der Waals surface area (Å²) >= 11 is 1.68. The van der Waals surface area contributed by atoms with Gasteiger partial charge in [0, 0.05) is 4.88 Å². The molecule has 3 heteroatoms.